The molecule has 0 atom stereocenters. The Morgan fingerprint density at radius 3 is 2.71 bits per heavy atom. The number of rotatable bonds is 7. The third-order valence-electron chi connectivity index (χ3n) is 2.73. The summed E-state index contributed by atoms with van der Waals surface area (Å²) in [5.41, 5.74) is 0. The molecule has 0 radical (unpaired) electrons. The summed E-state index contributed by atoms with van der Waals surface area (Å²) >= 11 is 0. The molecule has 0 saturated heterocycles. The molecule has 0 aromatic rings. The number of halogens is 1. The molecule has 0 amide bonds. The SMILES string of the molecule is CCCNC(=NC)N(C)CCOCC1CC1.I. The summed E-state index contributed by atoms with van der Waals surface area (Å²) < 4.78 is 5.60. The van der Waals surface area contributed by atoms with Crippen molar-refractivity contribution < 1.29 is 4.74 Å². The first kappa shape index (κ1) is 17.0. The maximum Gasteiger partial charge on any atom is 0.193 e. The van der Waals surface area contributed by atoms with Crippen LogP contribution in [-0.2, 0) is 4.74 Å². The van der Waals surface area contributed by atoms with E-state index in [9.17, 15) is 0 Å². The highest BCUT2D eigenvalue weighted by atomic mass is 127. The van der Waals surface area contributed by atoms with Crippen LogP contribution < -0.4 is 5.32 Å². The molecular formula is C12H26IN3O. The average Bonchev–Trinajstić information content (AvgIpc) is 3.09. The van der Waals surface area contributed by atoms with Gasteiger partial charge in [0, 0.05) is 33.8 Å². The van der Waals surface area contributed by atoms with E-state index in [-0.39, 0.29) is 24.0 Å². The second-order valence-electron chi connectivity index (χ2n) is 4.41. The van der Waals surface area contributed by atoms with Gasteiger partial charge in [0.25, 0.3) is 0 Å². The third-order valence-corrected chi connectivity index (χ3v) is 2.73. The van der Waals surface area contributed by atoms with Crippen LogP contribution in [0.15, 0.2) is 4.99 Å². The highest BCUT2D eigenvalue weighted by molar-refractivity contribution is 14.0. The van der Waals surface area contributed by atoms with Crippen molar-refractivity contribution >= 4 is 29.9 Å². The highest BCUT2D eigenvalue weighted by Crippen LogP contribution is 2.28. The fourth-order valence-corrected chi connectivity index (χ4v) is 1.46. The van der Waals surface area contributed by atoms with E-state index >= 15 is 0 Å². The van der Waals surface area contributed by atoms with E-state index in [2.05, 4.69) is 22.1 Å². The first-order valence-corrected chi connectivity index (χ1v) is 6.27. The summed E-state index contributed by atoms with van der Waals surface area (Å²) in [5.74, 6) is 1.81. The second kappa shape index (κ2) is 9.94. The Labute approximate surface area is 122 Å². The van der Waals surface area contributed by atoms with Crippen LogP contribution in [0, 0.1) is 5.92 Å². The van der Waals surface area contributed by atoms with Gasteiger partial charge in [0.1, 0.15) is 0 Å². The molecule has 4 nitrogen and oxygen atoms in total. The van der Waals surface area contributed by atoms with Gasteiger partial charge in [-0.05, 0) is 25.2 Å². The van der Waals surface area contributed by atoms with E-state index in [4.69, 9.17) is 4.74 Å². The summed E-state index contributed by atoms with van der Waals surface area (Å²) in [6.07, 6.45) is 3.83. The molecular weight excluding hydrogens is 329 g/mol. The van der Waals surface area contributed by atoms with Crippen molar-refractivity contribution in [3.8, 4) is 0 Å². The number of hydrogen-bond acceptors (Lipinski definition) is 2. The molecule has 1 fully saturated rings. The van der Waals surface area contributed by atoms with E-state index in [1.807, 2.05) is 14.1 Å². The first-order chi connectivity index (χ1) is 7.77. The Morgan fingerprint density at radius 2 is 2.18 bits per heavy atom. The molecule has 0 unspecified atom stereocenters. The minimum absolute atomic E-state index is 0. The number of ether oxygens (including phenoxy) is 1. The Balaban J connectivity index is 0.00000256. The lowest BCUT2D eigenvalue weighted by Crippen LogP contribution is -2.40. The van der Waals surface area contributed by atoms with Gasteiger partial charge in [-0.3, -0.25) is 4.99 Å². The zero-order chi connectivity index (χ0) is 11.8. The topological polar surface area (TPSA) is 36.9 Å². The predicted molar refractivity (Wildman–Crippen MR) is 83.2 cm³/mol. The third kappa shape index (κ3) is 7.81. The van der Waals surface area contributed by atoms with Gasteiger partial charge >= 0.3 is 0 Å². The maximum absolute atomic E-state index is 5.60. The fraction of sp³-hybridized carbons (Fsp3) is 0.917. The van der Waals surface area contributed by atoms with Gasteiger partial charge in [-0.1, -0.05) is 6.92 Å². The molecule has 102 valence electrons. The van der Waals surface area contributed by atoms with Crippen molar-refractivity contribution in [2.75, 3.05) is 40.4 Å². The molecule has 0 bridgehead atoms. The quantitative estimate of drug-likeness (QED) is 0.328. The normalized spacial score (nSPS) is 15.4. The molecule has 0 aliphatic heterocycles. The Bertz CT molecular complexity index is 220. The summed E-state index contributed by atoms with van der Waals surface area (Å²) in [6.45, 7) is 5.75. The van der Waals surface area contributed by atoms with Gasteiger partial charge in [0.15, 0.2) is 5.96 Å². The molecule has 0 spiro atoms. The number of likely N-dealkylation sites (N-methyl/N-ethyl adjacent to an activating group) is 1. The van der Waals surface area contributed by atoms with Crippen LogP contribution in [0.2, 0.25) is 0 Å². The van der Waals surface area contributed by atoms with Gasteiger partial charge in [-0.2, -0.15) is 0 Å². The van der Waals surface area contributed by atoms with Crippen molar-refractivity contribution in [2.45, 2.75) is 26.2 Å². The van der Waals surface area contributed by atoms with Crippen LogP contribution in [0.25, 0.3) is 0 Å². The summed E-state index contributed by atoms with van der Waals surface area (Å²) in [6, 6.07) is 0. The zero-order valence-electron chi connectivity index (χ0n) is 11.2. The van der Waals surface area contributed by atoms with Crippen LogP contribution in [0.1, 0.15) is 26.2 Å². The molecule has 1 rings (SSSR count). The van der Waals surface area contributed by atoms with Crippen molar-refractivity contribution in [2.24, 2.45) is 10.9 Å². The standard InChI is InChI=1S/C12H25N3O.HI/c1-4-7-14-12(13-2)15(3)8-9-16-10-11-5-6-11;/h11H,4-10H2,1-3H3,(H,13,14);1H. The monoisotopic (exact) mass is 355 g/mol. The number of nitrogens with one attached hydrogen (secondary N) is 1. The van der Waals surface area contributed by atoms with Crippen molar-refractivity contribution in [3.63, 3.8) is 0 Å². The smallest absolute Gasteiger partial charge is 0.193 e. The van der Waals surface area contributed by atoms with E-state index in [1.165, 1.54) is 12.8 Å². The molecule has 1 aliphatic rings. The van der Waals surface area contributed by atoms with Gasteiger partial charge in [-0.15, -0.1) is 24.0 Å². The van der Waals surface area contributed by atoms with Crippen LogP contribution >= 0.6 is 24.0 Å². The minimum atomic E-state index is 0. The lowest BCUT2D eigenvalue weighted by atomic mass is 10.4. The second-order valence-corrected chi connectivity index (χ2v) is 4.41. The van der Waals surface area contributed by atoms with Crippen LogP contribution in [0.5, 0.6) is 0 Å². The largest absolute Gasteiger partial charge is 0.379 e. The number of hydrogen-bond donors (Lipinski definition) is 1. The summed E-state index contributed by atoms with van der Waals surface area (Å²) in [7, 11) is 3.87. The number of nitrogens with zero attached hydrogens (tertiary/aromatic N) is 2. The maximum atomic E-state index is 5.60. The van der Waals surface area contributed by atoms with Crippen LogP contribution in [0.4, 0.5) is 0 Å². The predicted octanol–water partition coefficient (Wildman–Crippen LogP) is 1.95. The highest BCUT2D eigenvalue weighted by Gasteiger charge is 2.21. The van der Waals surface area contributed by atoms with Crippen LogP contribution in [0.3, 0.4) is 0 Å². The average molecular weight is 355 g/mol. The van der Waals surface area contributed by atoms with Gasteiger partial charge in [0.2, 0.25) is 0 Å². The molecule has 0 heterocycles. The number of guanidine groups is 1. The van der Waals surface area contributed by atoms with E-state index in [0.717, 1.165) is 44.6 Å². The van der Waals surface area contributed by atoms with Gasteiger partial charge < -0.3 is 15.0 Å². The Hall–Kier alpha value is -0.0400. The summed E-state index contributed by atoms with van der Waals surface area (Å²) in [5, 5.41) is 3.30. The first-order valence-electron chi connectivity index (χ1n) is 6.27. The van der Waals surface area contributed by atoms with Gasteiger partial charge in [-0.25, -0.2) is 0 Å². The lowest BCUT2D eigenvalue weighted by Gasteiger charge is -2.21. The molecule has 5 heteroatoms. The van der Waals surface area contributed by atoms with E-state index in [0.29, 0.717) is 0 Å². The molecule has 17 heavy (non-hydrogen) atoms. The van der Waals surface area contributed by atoms with Crippen molar-refractivity contribution in [1.82, 2.24) is 10.2 Å². The van der Waals surface area contributed by atoms with Crippen molar-refractivity contribution in [1.29, 1.82) is 0 Å². The molecule has 0 aromatic carbocycles. The van der Waals surface area contributed by atoms with E-state index < -0.39 is 0 Å². The molecule has 1 aliphatic carbocycles. The van der Waals surface area contributed by atoms with E-state index in [1.54, 1.807) is 0 Å². The van der Waals surface area contributed by atoms with Gasteiger partial charge in [0.05, 0.1) is 6.61 Å². The molecule has 1 saturated carbocycles. The summed E-state index contributed by atoms with van der Waals surface area (Å²) in [4.78, 5) is 6.34. The lowest BCUT2D eigenvalue weighted by molar-refractivity contribution is 0.115. The zero-order valence-corrected chi connectivity index (χ0v) is 13.6. The van der Waals surface area contributed by atoms with Crippen molar-refractivity contribution in [3.05, 3.63) is 0 Å². The number of aliphatic imine (C=N–C) groups is 1. The Kier molecular flexibility index (Phi) is 9.91. The fourth-order valence-electron chi connectivity index (χ4n) is 1.46. The molecule has 0 aromatic heterocycles. The Morgan fingerprint density at radius 1 is 1.47 bits per heavy atom. The van der Waals surface area contributed by atoms with Crippen LogP contribution in [-0.4, -0.2) is 51.3 Å². The minimum Gasteiger partial charge on any atom is -0.379 e. The molecule has 1 N–H and O–H groups in total.